The Kier molecular flexibility index (Phi) is 111. The third-order valence-corrected chi connectivity index (χ3v) is 3.90. The molecule has 0 spiro atoms. The number of rotatable bonds is 13. The van der Waals surface area contributed by atoms with Gasteiger partial charge in [-0.2, -0.15) is 16.8 Å². The number of hydrogen-bond donors (Lipinski definition) is 3. The molecule has 1 radical (unpaired) electrons. The summed E-state index contributed by atoms with van der Waals surface area (Å²) in [7, 11) is -8.20. The quantitative estimate of drug-likeness (QED) is 0.0721. The van der Waals surface area contributed by atoms with E-state index >= 15 is 0 Å². The van der Waals surface area contributed by atoms with E-state index in [9.17, 15) is 8.42 Å². The molecule has 19 heteroatoms. The van der Waals surface area contributed by atoms with Crippen LogP contribution in [0.3, 0.4) is 0 Å². The monoisotopic (exact) mass is 651 g/mol. The van der Waals surface area contributed by atoms with Gasteiger partial charge >= 0.3 is 138 Å². The zero-order valence-electron chi connectivity index (χ0n) is 20.3. The zero-order valence-corrected chi connectivity index (χ0v) is 22.9. The number of unbranched alkanes of at least 4 members (excludes halogenated alkanes) is 6. The Balaban J connectivity index is -0.0000000251. The van der Waals surface area contributed by atoms with Crippen LogP contribution in [-0.2, 0) is 23.7 Å². The van der Waals surface area contributed by atoms with E-state index in [-0.39, 0.29) is 152 Å². The summed E-state index contributed by atoms with van der Waals surface area (Å²) in [6.07, 6.45) is 11.5. The second-order valence-corrected chi connectivity index (χ2v) is 10.8. The van der Waals surface area contributed by atoms with Crippen LogP contribution < -0.4 is 0 Å². The van der Waals surface area contributed by atoms with Gasteiger partial charge in [0.2, 0.25) is 0 Å². The third-order valence-electron chi connectivity index (χ3n) is 3.44. The average molecular weight is 652 g/mol. The third kappa shape index (κ3) is 131. The SMILES string of the molecule is CC(C)CCCCCCCOS(=O)(=O)O.O.O.O.O.O.O=S(=O)(O)S.[CH2]CCCCC(C)C.[NaH].[NaH].[NaH].[NaH]. The maximum absolute atomic E-state index is 10.2. The molecule has 0 unspecified atom stereocenters. The van der Waals surface area contributed by atoms with E-state index in [1.165, 1.54) is 38.5 Å². The first-order valence-corrected chi connectivity index (χ1v) is 13.7. The van der Waals surface area contributed by atoms with Crippen molar-refractivity contribution in [3.63, 3.8) is 0 Å². The van der Waals surface area contributed by atoms with Crippen molar-refractivity contribution in [2.24, 2.45) is 11.8 Å². The molecule has 0 atom stereocenters. The predicted octanol–water partition coefficient (Wildman–Crippen LogP) is -1.16. The van der Waals surface area contributed by atoms with E-state index < -0.39 is 19.5 Å². The molecule has 0 bridgehead atoms. The van der Waals surface area contributed by atoms with Crippen molar-refractivity contribution in [3.8, 4) is 0 Å². The first kappa shape index (κ1) is 78.0. The molecule has 0 aromatic heterocycles. The molecule has 0 saturated carbocycles. The molecule has 0 amide bonds. The van der Waals surface area contributed by atoms with Gasteiger partial charge in [-0.3, -0.25) is 9.11 Å². The van der Waals surface area contributed by atoms with Crippen molar-refractivity contribution >= 4 is 149 Å². The van der Waals surface area contributed by atoms with Gasteiger partial charge in [0.1, 0.15) is 0 Å². The van der Waals surface area contributed by atoms with E-state index in [0.29, 0.717) is 6.42 Å². The fraction of sp³-hybridized carbons (Fsp3) is 0.944. The standard InChI is InChI=1S/C10H22O4S.C8H17.4Na.H2O3S2.5H2O.4H/c1-10(2)8-6-4-3-5-7-9-14-15(11,12)13;1-4-5-6-7-8(2)3;;;;;1-5(2,3)4;;;;;;;;;/h10H,3-9H2,1-2H3,(H,11,12,13);8H,1,4-7H2,2-3H3;;;;;(H2,1,2,3,4);5*1H2;;;;. The average Bonchev–Trinajstić information content (AvgIpc) is 2.47. The Morgan fingerprint density at radius 2 is 0.919 bits per heavy atom. The molecule has 0 aliphatic heterocycles. The van der Waals surface area contributed by atoms with Gasteiger partial charge < -0.3 is 27.4 Å². The van der Waals surface area contributed by atoms with Crippen LogP contribution in [0.15, 0.2) is 0 Å². The minimum absolute atomic E-state index is 0. The van der Waals surface area contributed by atoms with Gasteiger partial charge in [-0.1, -0.05) is 92.4 Å². The van der Waals surface area contributed by atoms with Gasteiger partial charge in [-0.05, 0) is 29.9 Å². The number of thiol groups is 1. The van der Waals surface area contributed by atoms with Gasteiger partial charge in [-0.25, -0.2) is 4.18 Å². The summed E-state index contributed by atoms with van der Waals surface area (Å²) in [4.78, 5) is 0. The van der Waals surface area contributed by atoms with Crippen molar-refractivity contribution < 1.29 is 57.5 Å². The van der Waals surface area contributed by atoms with Crippen LogP contribution in [0.4, 0.5) is 0 Å². The Labute approximate surface area is 319 Å². The summed E-state index contributed by atoms with van der Waals surface area (Å²) in [5.41, 5.74) is 0. The molecule has 0 aliphatic carbocycles. The topological polar surface area (TPSA) is 275 Å². The van der Waals surface area contributed by atoms with Crippen LogP contribution in [0.25, 0.3) is 0 Å². The van der Waals surface area contributed by atoms with Gasteiger partial charge in [0.25, 0.3) is 0 Å². The molecule has 221 valence electrons. The van der Waals surface area contributed by atoms with Crippen molar-refractivity contribution in [2.75, 3.05) is 6.61 Å². The minimum atomic E-state index is -4.23. The molecule has 0 fully saturated rings. The van der Waals surface area contributed by atoms with Gasteiger partial charge in [0, 0.05) is 0 Å². The van der Waals surface area contributed by atoms with E-state index in [1.807, 2.05) is 0 Å². The molecule has 0 rings (SSSR count). The molecule has 12 nitrogen and oxygen atoms in total. The fourth-order valence-electron chi connectivity index (χ4n) is 2.08. The second-order valence-electron chi connectivity index (χ2n) is 7.39. The molecule has 12 N–H and O–H groups in total. The Morgan fingerprint density at radius 3 is 1.19 bits per heavy atom. The van der Waals surface area contributed by atoms with Crippen LogP contribution in [0.2, 0.25) is 0 Å². The Bertz CT molecular complexity index is 534. The van der Waals surface area contributed by atoms with Crippen LogP contribution in [0.1, 0.15) is 91.9 Å². The predicted molar refractivity (Wildman–Crippen MR) is 166 cm³/mol. The maximum atomic E-state index is 10.2. The molecule has 0 aromatic carbocycles. The van der Waals surface area contributed by atoms with Gasteiger partial charge in [0.15, 0.2) is 0 Å². The second kappa shape index (κ2) is 52.6. The van der Waals surface area contributed by atoms with Crippen LogP contribution in [-0.4, -0.2) is 178 Å². The summed E-state index contributed by atoms with van der Waals surface area (Å²) in [5, 5.41) is 0. The summed E-state index contributed by atoms with van der Waals surface area (Å²) < 4.78 is 58.3. The normalized spacial score (nSPS) is 8.81. The van der Waals surface area contributed by atoms with E-state index in [1.54, 1.807) is 0 Å². The Hall–Kier alpha value is 3.93. The van der Waals surface area contributed by atoms with Crippen LogP contribution in [0.5, 0.6) is 0 Å². The molecular formula is C18H55Na4O12S3. The van der Waals surface area contributed by atoms with Crippen LogP contribution in [0, 0.1) is 18.8 Å². The molecule has 0 aromatic rings. The van der Waals surface area contributed by atoms with Crippen molar-refractivity contribution in [2.45, 2.75) is 91.9 Å². The van der Waals surface area contributed by atoms with Gasteiger partial charge in [0.05, 0.1) is 6.61 Å². The van der Waals surface area contributed by atoms with E-state index in [2.05, 4.69) is 50.5 Å². The van der Waals surface area contributed by atoms with Crippen LogP contribution >= 0.6 is 11.7 Å². The molecule has 0 aliphatic rings. The fourth-order valence-corrected chi connectivity index (χ4v) is 2.41. The summed E-state index contributed by atoms with van der Waals surface area (Å²) in [6, 6.07) is 0. The molecule has 0 heterocycles. The molecular weight excluding hydrogens is 596 g/mol. The first-order chi connectivity index (χ1) is 12.7. The zero-order chi connectivity index (χ0) is 22.6. The van der Waals surface area contributed by atoms with Crippen molar-refractivity contribution in [1.82, 2.24) is 0 Å². The number of hydrogen-bond acceptors (Lipinski definition) is 5. The molecule has 37 heavy (non-hydrogen) atoms. The molecule has 0 saturated heterocycles. The Morgan fingerprint density at radius 1 is 0.649 bits per heavy atom. The first-order valence-electron chi connectivity index (χ1n) is 9.80. The van der Waals surface area contributed by atoms with Crippen molar-refractivity contribution in [3.05, 3.63) is 6.92 Å². The summed E-state index contributed by atoms with van der Waals surface area (Å²) in [6.45, 7) is 12.8. The van der Waals surface area contributed by atoms with E-state index in [0.717, 1.165) is 31.1 Å². The van der Waals surface area contributed by atoms with Gasteiger partial charge in [-0.15, -0.1) is 0 Å². The summed E-state index contributed by atoms with van der Waals surface area (Å²) in [5.74, 6) is 1.63. The van der Waals surface area contributed by atoms with E-state index in [4.69, 9.17) is 17.5 Å². The summed E-state index contributed by atoms with van der Waals surface area (Å²) >= 11 is 2.65. The van der Waals surface area contributed by atoms with Crippen molar-refractivity contribution in [1.29, 1.82) is 0 Å².